The van der Waals surface area contributed by atoms with Crippen molar-refractivity contribution in [1.82, 2.24) is 0 Å². The first-order valence-electron chi connectivity index (χ1n) is 12.7. The van der Waals surface area contributed by atoms with Crippen molar-refractivity contribution in [3.05, 3.63) is 0 Å². The molecule has 23 nitrogen and oxygen atoms in total. The molecule has 0 fully saturated rings. The van der Waals surface area contributed by atoms with Crippen LogP contribution < -0.4 is 0 Å². The Hall–Kier alpha value is -2.08. The molecule has 0 aromatic rings. The van der Waals surface area contributed by atoms with Gasteiger partial charge in [0.1, 0.15) is 93.6 Å². The van der Waals surface area contributed by atoms with E-state index in [1.54, 1.807) is 0 Å². The summed E-state index contributed by atoms with van der Waals surface area (Å²) in [6, 6.07) is 0. The standard InChI is InChI=1S/3C6H12O6.C5H10O5/c3*7-1-3(9)5(11)6(12)4(10)2-8;6-1-3(8)5(10)4(9)2-7/h3*3,5-9,11-12H,1-2H2;3,5-8,10H,1-2H2. The lowest BCUT2D eigenvalue weighted by atomic mass is 10.1. The number of rotatable bonds is 19. The van der Waals surface area contributed by atoms with Gasteiger partial charge in [-0.25, -0.2) is 0 Å². The summed E-state index contributed by atoms with van der Waals surface area (Å²) >= 11 is 0. The number of carbonyl (C=O) groups excluding carboxylic acids is 4. The fourth-order valence-electron chi connectivity index (χ4n) is 2.22. The Kier molecular flexibility index (Phi) is 32.1. The lowest BCUT2D eigenvalue weighted by Gasteiger charge is -2.19. The molecular formula is C23H46O23. The molecule has 0 heterocycles. The molecule has 0 aliphatic heterocycles. The van der Waals surface area contributed by atoms with Crippen molar-refractivity contribution >= 4 is 23.1 Å². The van der Waals surface area contributed by atoms with Crippen LogP contribution in [0.1, 0.15) is 0 Å². The van der Waals surface area contributed by atoms with Gasteiger partial charge in [-0.15, -0.1) is 0 Å². The molecule has 0 radical (unpaired) electrons. The molecule has 0 saturated heterocycles. The molecule has 19 N–H and O–H groups in total. The Morgan fingerprint density at radius 2 is 0.478 bits per heavy atom. The number of aliphatic hydroxyl groups excluding tert-OH is 19. The van der Waals surface area contributed by atoms with Gasteiger partial charge >= 0.3 is 0 Å². The minimum absolute atomic E-state index is 0.701. The van der Waals surface area contributed by atoms with Crippen LogP contribution >= 0.6 is 0 Å². The Balaban J connectivity index is -0.000000256. The summed E-state index contributed by atoms with van der Waals surface area (Å²) in [6.45, 7) is -6.60. The molecule has 23 heteroatoms. The van der Waals surface area contributed by atoms with Crippen LogP contribution in [0.4, 0.5) is 0 Å². The van der Waals surface area contributed by atoms with E-state index in [1.165, 1.54) is 0 Å². The number of hydrogen-bond donors (Lipinski definition) is 19. The SMILES string of the molecule is O=C(CO)C(O)C(O)C(O)CO.O=C(CO)C(O)C(O)C(O)CO.O=C(CO)C(O)C(O)C(O)CO.O=C(CO)C(O)C(O)CO. The maximum absolute atomic E-state index is 10.5. The third-order valence-corrected chi connectivity index (χ3v) is 5.21. The molecule has 276 valence electrons. The van der Waals surface area contributed by atoms with Crippen LogP contribution in [0, 0.1) is 0 Å². The minimum atomic E-state index is -1.86. The summed E-state index contributed by atoms with van der Waals surface area (Å²) in [7, 11) is 0. The normalized spacial score (nSPS) is 18.0. The molecule has 11 atom stereocenters. The molecule has 46 heavy (non-hydrogen) atoms. The summed E-state index contributed by atoms with van der Waals surface area (Å²) in [5.74, 6) is -3.92. The Morgan fingerprint density at radius 1 is 0.304 bits per heavy atom. The second-order valence-corrected chi connectivity index (χ2v) is 8.75. The molecule has 0 bridgehead atoms. The first-order chi connectivity index (χ1) is 21.2. The minimum Gasteiger partial charge on any atom is -0.394 e. The number of aliphatic hydroxyl groups is 19. The maximum atomic E-state index is 10.5. The highest BCUT2D eigenvalue weighted by Crippen LogP contribution is 2.02. The third kappa shape index (κ3) is 20.9. The molecular weight excluding hydrogens is 644 g/mol. The fourth-order valence-corrected chi connectivity index (χ4v) is 2.22. The van der Waals surface area contributed by atoms with E-state index >= 15 is 0 Å². The average Bonchev–Trinajstić information content (AvgIpc) is 3.09. The van der Waals surface area contributed by atoms with Crippen LogP contribution in [0.2, 0.25) is 0 Å². The molecule has 11 unspecified atom stereocenters. The molecule has 0 aliphatic rings. The van der Waals surface area contributed by atoms with Crippen LogP contribution in [-0.4, -0.2) is 240 Å². The van der Waals surface area contributed by atoms with Crippen molar-refractivity contribution in [3.63, 3.8) is 0 Å². The van der Waals surface area contributed by atoms with Gasteiger partial charge in [0.15, 0.2) is 23.1 Å². The molecule has 0 saturated carbocycles. The van der Waals surface area contributed by atoms with E-state index in [2.05, 4.69) is 0 Å². The van der Waals surface area contributed by atoms with Crippen molar-refractivity contribution in [1.29, 1.82) is 0 Å². The van der Waals surface area contributed by atoms with E-state index < -0.39 is 143 Å². The molecule has 0 aromatic carbocycles. The lowest BCUT2D eigenvalue weighted by Crippen LogP contribution is -2.44. The number of Topliss-reactive ketones (excluding diaryl/α,β-unsaturated/α-hetero) is 4. The quantitative estimate of drug-likeness (QED) is 0.0598. The Labute approximate surface area is 260 Å². The number of ketones is 4. The highest BCUT2D eigenvalue weighted by atomic mass is 16.4. The van der Waals surface area contributed by atoms with Gasteiger partial charge in [-0.05, 0) is 0 Å². The monoisotopic (exact) mass is 690 g/mol. The van der Waals surface area contributed by atoms with Crippen molar-refractivity contribution in [3.8, 4) is 0 Å². The molecule has 0 rings (SSSR count). The predicted octanol–water partition coefficient (Wildman–Crippen LogP) is -12.9. The Bertz CT molecular complexity index is 732. The topological polar surface area (TPSA) is 453 Å². The van der Waals surface area contributed by atoms with Crippen LogP contribution in [0.15, 0.2) is 0 Å². The van der Waals surface area contributed by atoms with Crippen LogP contribution in [0.25, 0.3) is 0 Å². The zero-order chi connectivity index (χ0) is 37.3. The van der Waals surface area contributed by atoms with Gasteiger partial charge < -0.3 is 97.0 Å². The highest BCUT2D eigenvalue weighted by Gasteiger charge is 2.30. The van der Waals surface area contributed by atoms with Gasteiger partial charge in [0.2, 0.25) is 0 Å². The second-order valence-electron chi connectivity index (χ2n) is 8.75. The lowest BCUT2D eigenvalue weighted by molar-refractivity contribution is -0.143. The van der Waals surface area contributed by atoms with Crippen molar-refractivity contribution in [2.24, 2.45) is 0 Å². The molecule has 0 amide bonds. The summed E-state index contributed by atoms with van der Waals surface area (Å²) < 4.78 is 0. The largest absolute Gasteiger partial charge is 0.394 e. The van der Waals surface area contributed by atoms with E-state index in [9.17, 15) is 19.2 Å². The zero-order valence-electron chi connectivity index (χ0n) is 24.1. The first-order valence-corrected chi connectivity index (χ1v) is 12.7. The van der Waals surface area contributed by atoms with E-state index in [0.717, 1.165) is 0 Å². The van der Waals surface area contributed by atoms with Crippen LogP contribution in [0.5, 0.6) is 0 Å². The van der Waals surface area contributed by atoms with E-state index in [1.807, 2.05) is 0 Å². The summed E-state index contributed by atoms with van der Waals surface area (Å²) in [6.07, 6.45) is -18.8. The van der Waals surface area contributed by atoms with Gasteiger partial charge in [0.25, 0.3) is 0 Å². The van der Waals surface area contributed by atoms with E-state index in [4.69, 9.17) is 97.0 Å². The maximum Gasteiger partial charge on any atom is 0.189 e. The number of hydrogen-bond acceptors (Lipinski definition) is 23. The smallest absolute Gasteiger partial charge is 0.189 e. The van der Waals surface area contributed by atoms with Gasteiger partial charge in [-0.1, -0.05) is 0 Å². The molecule has 0 aliphatic carbocycles. The fraction of sp³-hybridized carbons (Fsp3) is 0.826. The van der Waals surface area contributed by atoms with Crippen molar-refractivity contribution in [2.75, 3.05) is 52.9 Å². The van der Waals surface area contributed by atoms with Crippen molar-refractivity contribution in [2.45, 2.75) is 67.1 Å². The molecule has 0 aromatic heterocycles. The van der Waals surface area contributed by atoms with Gasteiger partial charge in [-0.3, -0.25) is 19.2 Å². The van der Waals surface area contributed by atoms with E-state index in [-0.39, 0.29) is 0 Å². The molecule has 0 spiro atoms. The highest BCUT2D eigenvalue weighted by molar-refractivity contribution is 5.85. The van der Waals surface area contributed by atoms with E-state index in [0.29, 0.717) is 0 Å². The van der Waals surface area contributed by atoms with Crippen molar-refractivity contribution < 1.29 is 116 Å². The summed E-state index contributed by atoms with van der Waals surface area (Å²) in [5, 5.41) is 163. The summed E-state index contributed by atoms with van der Waals surface area (Å²) in [4.78, 5) is 41.9. The predicted molar refractivity (Wildman–Crippen MR) is 143 cm³/mol. The van der Waals surface area contributed by atoms with Gasteiger partial charge in [0, 0.05) is 0 Å². The first kappa shape index (κ1) is 50.8. The third-order valence-electron chi connectivity index (χ3n) is 5.21. The zero-order valence-corrected chi connectivity index (χ0v) is 24.1. The van der Waals surface area contributed by atoms with Gasteiger partial charge in [-0.2, -0.15) is 0 Å². The Morgan fingerprint density at radius 3 is 0.630 bits per heavy atom. The number of carbonyl (C=O) groups is 4. The average molecular weight is 691 g/mol. The summed E-state index contributed by atoms with van der Waals surface area (Å²) in [5.41, 5.74) is 0. The van der Waals surface area contributed by atoms with Crippen LogP contribution in [0.3, 0.4) is 0 Å². The van der Waals surface area contributed by atoms with Gasteiger partial charge in [0.05, 0.1) is 26.4 Å². The van der Waals surface area contributed by atoms with Crippen LogP contribution in [-0.2, 0) is 19.2 Å². The second kappa shape index (κ2) is 29.1.